The normalized spacial score (nSPS) is 25.5. The van der Waals surface area contributed by atoms with Gasteiger partial charge in [-0.05, 0) is 12.1 Å². The molecule has 2 aromatic rings. The van der Waals surface area contributed by atoms with E-state index in [0.29, 0.717) is 0 Å². The lowest BCUT2D eigenvalue weighted by atomic mass is 10.1. The molecule has 0 spiro atoms. The van der Waals surface area contributed by atoms with Crippen LogP contribution in [0.4, 0.5) is 5.69 Å². The van der Waals surface area contributed by atoms with Crippen LogP contribution in [0.3, 0.4) is 0 Å². The van der Waals surface area contributed by atoms with Crippen molar-refractivity contribution in [1.82, 2.24) is 9.88 Å². The number of hydrogen-bond acceptors (Lipinski definition) is 5. The fourth-order valence-corrected chi connectivity index (χ4v) is 3.82. The average molecular weight is 315 g/mol. The molecule has 4 rings (SSSR count). The van der Waals surface area contributed by atoms with E-state index in [1.807, 2.05) is 40.7 Å². The summed E-state index contributed by atoms with van der Waals surface area (Å²) in [5.41, 5.74) is 3.90. The van der Waals surface area contributed by atoms with Crippen LogP contribution in [0.1, 0.15) is 5.69 Å². The number of thiazole rings is 1. The summed E-state index contributed by atoms with van der Waals surface area (Å²) in [5, 5.41) is 2.07. The molecule has 3 heterocycles. The predicted molar refractivity (Wildman–Crippen MR) is 84.8 cm³/mol. The van der Waals surface area contributed by atoms with Gasteiger partial charge in [0.2, 0.25) is 0 Å². The van der Waals surface area contributed by atoms with Gasteiger partial charge in [-0.1, -0.05) is 18.2 Å². The molecule has 114 valence electrons. The molecule has 0 saturated carbocycles. The van der Waals surface area contributed by atoms with E-state index in [0.717, 1.165) is 31.0 Å². The number of fused-ring (bicyclic) bond motifs is 1. The van der Waals surface area contributed by atoms with Crippen molar-refractivity contribution in [2.24, 2.45) is 0 Å². The number of rotatable bonds is 3. The first kappa shape index (κ1) is 13.9. The molecule has 6 heteroatoms. The summed E-state index contributed by atoms with van der Waals surface area (Å²) in [7, 11) is 0. The zero-order chi connectivity index (χ0) is 14.9. The predicted octanol–water partition coefficient (Wildman–Crippen LogP) is 1.76. The molecule has 0 aliphatic carbocycles. The Labute approximate surface area is 133 Å². The van der Waals surface area contributed by atoms with Gasteiger partial charge in [-0.25, -0.2) is 4.98 Å². The number of likely N-dealkylation sites (tertiary alicyclic amines) is 1. The largest absolute Gasteiger partial charge is 0.365 e. The van der Waals surface area contributed by atoms with Gasteiger partial charge in [0, 0.05) is 30.7 Å². The Morgan fingerprint density at radius 1 is 1.27 bits per heavy atom. The van der Waals surface area contributed by atoms with Crippen LogP contribution >= 0.6 is 11.3 Å². The van der Waals surface area contributed by atoms with E-state index in [4.69, 9.17) is 4.74 Å². The molecule has 5 nitrogen and oxygen atoms in total. The Kier molecular flexibility index (Phi) is 3.65. The summed E-state index contributed by atoms with van der Waals surface area (Å²) in [4.78, 5) is 20.9. The highest BCUT2D eigenvalue weighted by Gasteiger charge is 2.43. The highest BCUT2D eigenvalue weighted by Crippen LogP contribution is 2.29. The van der Waals surface area contributed by atoms with Crippen LogP contribution < -0.4 is 4.90 Å². The van der Waals surface area contributed by atoms with Crippen LogP contribution in [-0.4, -0.2) is 47.6 Å². The molecule has 1 aromatic carbocycles. The van der Waals surface area contributed by atoms with E-state index in [1.165, 1.54) is 0 Å². The van der Waals surface area contributed by atoms with Crippen molar-refractivity contribution >= 4 is 22.9 Å². The molecule has 2 fully saturated rings. The fourth-order valence-electron chi connectivity index (χ4n) is 3.28. The van der Waals surface area contributed by atoms with Gasteiger partial charge in [-0.3, -0.25) is 9.69 Å². The molecular weight excluding hydrogens is 298 g/mol. The summed E-state index contributed by atoms with van der Waals surface area (Å²) in [6, 6.07) is 9.97. The van der Waals surface area contributed by atoms with Crippen LogP contribution in [-0.2, 0) is 16.1 Å². The molecule has 1 aromatic heterocycles. The van der Waals surface area contributed by atoms with Crippen molar-refractivity contribution in [3.05, 3.63) is 46.9 Å². The topological polar surface area (TPSA) is 45.7 Å². The summed E-state index contributed by atoms with van der Waals surface area (Å²) in [6.45, 7) is 2.65. The fraction of sp³-hybridized carbons (Fsp3) is 0.375. The second-order valence-electron chi connectivity index (χ2n) is 5.69. The zero-order valence-corrected chi connectivity index (χ0v) is 12.9. The maximum Gasteiger partial charge on any atom is 0.253 e. The highest BCUT2D eigenvalue weighted by atomic mass is 32.1. The number of nitrogens with zero attached hydrogens (tertiary/aromatic N) is 3. The van der Waals surface area contributed by atoms with E-state index >= 15 is 0 Å². The van der Waals surface area contributed by atoms with Gasteiger partial charge in [0.1, 0.15) is 6.61 Å². The van der Waals surface area contributed by atoms with Crippen LogP contribution in [0.5, 0.6) is 0 Å². The maximum absolute atomic E-state index is 12.3. The Balaban J connectivity index is 1.55. The number of amides is 1. The lowest BCUT2D eigenvalue weighted by Gasteiger charge is -2.36. The lowest BCUT2D eigenvalue weighted by molar-refractivity contribution is -0.130. The number of ether oxygens (including phenoxy) is 1. The molecule has 2 saturated heterocycles. The summed E-state index contributed by atoms with van der Waals surface area (Å²) >= 11 is 1.61. The number of hydrogen-bond donors (Lipinski definition) is 0. The van der Waals surface area contributed by atoms with Crippen LogP contribution in [0.25, 0.3) is 0 Å². The Bertz CT molecular complexity index is 647. The first-order valence-corrected chi connectivity index (χ1v) is 8.33. The average Bonchev–Trinajstić information content (AvgIpc) is 3.17. The van der Waals surface area contributed by atoms with Gasteiger partial charge in [0.15, 0.2) is 0 Å². The molecule has 2 aliphatic heterocycles. The monoisotopic (exact) mass is 315 g/mol. The van der Waals surface area contributed by atoms with Gasteiger partial charge in [0.05, 0.1) is 23.4 Å². The van der Waals surface area contributed by atoms with Crippen molar-refractivity contribution in [2.45, 2.75) is 18.7 Å². The number of carbonyl (C=O) groups is 1. The van der Waals surface area contributed by atoms with E-state index < -0.39 is 0 Å². The van der Waals surface area contributed by atoms with E-state index in [9.17, 15) is 4.79 Å². The third-order valence-electron chi connectivity index (χ3n) is 4.24. The first-order chi connectivity index (χ1) is 10.8. The lowest BCUT2D eigenvalue weighted by Crippen LogP contribution is -2.54. The number of para-hydroxylation sites is 1. The SMILES string of the molecule is O=C1CO[C@@H]2CN(Cc3cscn3)C[C@@H]2N1c1ccccc1. The Hall–Kier alpha value is -1.76. The molecule has 0 unspecified atom stereocenters. The van der Waals surface area contributed by atoms with Crippen molar-refractivity contribution in [1.29, 1.82) is 0 Å². The summed E-state index contributed by atoms with van der Waals surface area (Å²) in [5.74, 6) is 0.0444. The second-order valence-corrected chi connectivity index (χ2v) is 6.41. The van der Waals surface area contributed by atoms with Crippen molar-refractivity contribution < 1.29 is 9.53 Å². The van der Waals surface area contributed by atoms with Gasteiger partial charge < -0.3 is 9.64 Å². The molecule has 0 bridgehead atoms. The van der Waals surface area contributed by atoms with Crippen molar-refractivity contribution in [2.75, 3.05) is 24.6 Å². The molecule has 0 N–H and O–H groups in total. The summed E-state index contributed by atoms with van der Waals surface area (Å²) < 4.78 is 5.76. The zero-order valence-electron chi connectivity index (χ0n) is 12.1. The maximum atomic E-state index is 12.3. The highest BCUT2D eigenvalue weighted by molar-refractivity contribution is 7.07. The smallest absolute Gasteiger partial charge is 0.253 e. The number of benzene rings is 1. The third kappa shape index (κ3) is 2.54. The number of aromatic nitrogens is 1. The molecule has 0 radical (unpaired) electrons. The molecular formula is C16H17N3O2S. The van der Waals surface area contributed by atoms with Gasteiger partial charge in [-0.15, -0.1) is 11.3 Å². The third-order valence-corrected chi connectivity index (χ3v) is 4.87. The Morgan fingerprint density at radius 3 is 2.91 bits per heavy atom. The van der Waals surface area contributed by atoms with Gasteiger partial charge in [0.25, 0.3) is 5.91 Å². The molecule has 22 heavy (non-hydrogen) atoms. The van der Waals surface area contributed by atoms with Crippen molar-refractivity contribution in [3.8, 4) is 0 Å². The van der Waals surface area contributed by atoms with E-state index in [2.05, 4.69) is 15.3 Å². The van der Waals surface area contributed by atoms with Crippen molar-refractivity contribution in [3.63, 3.8) is 0 Å². The first-order valence-electron chi connectivity index (χ1n) is 7.39. The number of morpholine rings is 1. The van der Waals surface area contributed by atoms with Crippen LogP contribution in [0.2, 0.25) is 0 Å². The minimum absolute atomic E-state index is 0.0444. The van der Waals surface area contributed by atoms with Crippen LogP contribution in [0, 0.1) is 0 Å². The minimum atomic E-state index is 0.0444. The van der Waals surface area contributed by atoms with E-state index in [1.54, 1.807) is 11.3 Å². The quantitative estimate of drug-likeness (QED) is 0.866. The summed E-state index contributed by atoms with van der Waals surface area (Å²) in [6.07, 6.45) is 0.0801. The van der Waals surface area contributed by atoms with Gasteiger partial charge >= 0.3 is 0 Å². The minimum Gasteiger partial charge on any atom is -0.365 e. The second kappa shape index (κ2) is 5.79. The molecule has 1 amide bonds. The van der Waals surface area contributed by atoms with Gasteiger partial charge in [-0.2, -0.15) is 0 Å². The number of carbonyl (C=O) groups excluding carboxylic acids is 1. The van der Waals surface area contributed by atoms with E-state index in [-0.39, 0.29) is 24.7 Å². The molecule has 2 aliphatic rings. The molecule has 2 atom stereocenters. The van der Waals surface area contributed by atoms with Crippen LogP contribution in [0.15, 0.2) is 41.2 Å². The standard InChI is InChI=1S/C16H17N3O2S/c20-16-9-21-15-8-18(6-12-10-22-11-17-12)7-14(15)19(16)13-4-2-1-3-5-13/h1-5,10-11,14-15H,6-9H2/t14-,15+/m0/s1. The Morgan fingerprint density at radius 2 is 2.14 bits per heavy atom. The number of anilines is 1.